The fourth-order valence-electron chi connectivity index (χ4n) is 1.86. The molecule has 0 saturated carbocycles. The van der Waals surface area contributed by atoms with Crippen LogP contribution in [0.3, 0.4) is 0 Å². The number of nitrogens with two attached hydrogens (primary N) is 1. The first kappa shape index (κ1) is 13.7. The highest BCUT2D eigenvalue weighted by Crippen LogP contribution is 2.21. The van der Waals surface area contributed by atoms with Gasteiger partial charge in [-0.2, -0.15) is 0 Å². The molecule has 0 radical (unpaired) electrons. The third kappa shape index (κ3) is 3.07. The van der Waals surface area contributed by atoms with E-state index in [1.807, 2.05) is 12.1 Å². The molecule has 1 unspecified atom stereocenters. The molecular formula is C14H22N2O. The largest absolute Gasteiger partial charge is 0.368 e. The molecule has 1 rings (SSSR count). The van der Waals surface area contributed by atoms with Gasteiger partial charge in [0.2, 0.25) is 5.91 Å². The van der Waals surface area contributed by atoms with Crippen LogP contribution in [0, 0.1) is 5.92 Å². The Morgan fingerprint density at radius 3 is 2.24 bits per heavy atom. The molecule has 1 aromatic rings. The minimum Gasteiger partial charge on any atom is -0.368 e. The SMILES string of the molecule is CNC(C)(C(N)=O)c1ccc(CC(C)C)cc1. The van der Waals surface area contributed by atoms with Gasteiger partial charge in [0.05, 0.1) is 0 Å². The van der Waals surface area contributed by atoms with Gasteiger partial charge in [0.1, 0.15) is 5.54 Å². The minimum atomic E-state index is -0.795. The first-order valence-corrected chi connectivity index (χ1v) is 5.98. The second kappa shape index (κ2) is 5.32. The van der Waals surface area contributed by atoms with Crippen molar-refractivity contribution in [3.63, 3.8) is 0 Å². The smallest absolute Gasteiger partial charge is 0.242 e. The van der Waals surface area contributed by atoms with Gasteiger partial charge in [-0.15, -0.1) is 0 Å². The highest BCUT2D eigenvalue weighted by atomic mass is 16.1. The molecule has 0 aliphatic rings. The molecule has 0 heterocycles. The fourth-order valence-corrected chi connectivity index (χ4v) is 1.86. The maximum absolute atomic E-state index is 11.5. The predicted octanol–water partition coefficient (Wildman–Crippen LogP) is 1.80. The lowest BCUT2D eigenvalue weighted by Gasteiger charge is -2.26. The molecule has 17 heavy (non-hydrogen) atoms. The highest BCUT2D eigenvalue weighted by molar-refractivity contribution is 5.85. The first-order valence-electron chi connectivity index (χ1n) is 5.98. The molecule has 3 heteroatoms. The molecule has 1 atom stereocenters. The lowest BCUT2D eigenvalue weighted by molar-refractivity contribution is -0.123. The lowest BCUT2D eigenvalue weighted by atomic mass is 9.90. The Bertz CT molecular complexity index is 384. The topological polar surface area (TPSA) is 55.1 Å². The number of nitrogens with one attached hydrogen (secondary N) is 1. The van der Waals surface area contributed by atoms with Crippen molar-refractivity contribution < 1.29 is 4.79 Å². The summed E-state index contributed by atoms with van der Waals surface area (Å²) in [6.07, 6.45) is 1.05. The standard InChI is InChI=1S/C14H22N2O/c1-10(2)9-11-5-7-12(8-6-11)14(3,16-4)13(15)17/h5-8,10,16H,9H2,1-4H3,(H2,15,17). The van der Waals surface area contributed by atoms with Gasteiger partial charge >= 0.3 is 0 Å². The normalized spacial score (nSPS) is 14.6. The van der Waals surface area contributed by atoms with Crippen LogP contribution in [0.4, 0.5) is 0 Å². The van der Waals surface area contributed by atoms with Crippen LogP contribution < -0.4 is 11.1 Å². The monoisotopic (exact) mass is 234 g/mol. The molecule has 0 aliphatic heterocycles. The Labute approximate surface area is 103 Å². The quantitative estimate of drug-likeness (QED) is 0.816. The molecule has 0 spiro atoms. The Kier molecular flexibility index (Phi) is 4.29. The van der Waals surface area contributed by atoms with Gasteiger partial charge < -0.3 is 11.1 Å². The first-order chi connectivity index (χ1) is 7.90. The number of benzene rings is 1. The van der Waals surface area contributed by atoms with Crippen LogP contribution >= 0.6 is 0 Å². The highest BCUT2D eigenvalue weighted by Gasteiger charge is 2.30. The molecule has 1 amide bonds. The zero-order chi connectivity index (χ0) is 13.1. The van der Waals surface area contributed by atoms with Crippen LogP contribution in [0.15, 0.2) is 24.3 Å². The molecule has 0 bridgehead atoms. The Balaban J connectivity index is 2.97. The number of hydrogen-bond acceptors (Lipinski definition) is 2. The van der Waals surface area contributed by atoms with Crippen LogP contribution in [0.2, 0.25) is 0 Å². The predicted molar refractivity (Wildman–Crippen MR) is 70.6 cm³/mol. The summed E-state index contributed by atoms with van der Waals surface area (Å²) in [6.45, 7) is 6.18. The summed E-state index contributed by atoms with van der Waals surface area (Å²) in [5.74, 6) is 0.268. The van der Waals surface area contributed by atoms with Crippen molar-refractivity contribution in [3.05, 3.63) is 35.4 Å². The van der Waals surface area contributed by atoms with E-state index in [-0.39, 0.29) is 5.91 Å². The van der Waals surface area contributed by atoms with Crippen molar-refractivity contribution in [2.75, 3.05) is 7.05 Å². The number of carbonyl (C=O) groups excluding carboxylic acids is 1. The van der Waals surface area contributed by atoms with Gasteiger partial charge in [-0.1, -0.05) is 38.1 Å². The summed E-state index contributed by atoms with van der Waals surface area (Å²) in [5.41, 5.74) is 6.82. The Morgan fingerprint density at radius 2 is 1.88 bits per heavy atom. The molecule has 94 valence electrons. The summed E-state index contributed by atoms with van der Waals surface area (Å²) in [7, 11) is 1.74. The number of hydrogen-bond donors (Lipinski definition) is 2. The lowest BCUT2D eigenvalue weighted by Crippen LogP contribution is -2.48. The number of likely N-dealkylation sites (N-methyl/N-ethyl adjacent to an activating group) is 1. The van der Waals surface area contributed by atoms with E-state index in [0.29, 0.717) is 5.92 Å². The van der Waals surface area contributed by atoms with Gasteiger partial charge in [-0.25, -0.2) is 0 Å². The van der Waals surface area contributed by atoms with E-state index >= 15 is 0 Å². The van der Waals surface area contributed by atoms with Gasteiger partial charge in [0.25, 0.3) is 0 Å². The maximum atomic E-state index is 11.5. The average molecular weight is 234 g/mol. The van der Waals surface area contributed by atoms with Gasteiger partial charge in [0.15, 0.2) is 0 Å². The summed E-state index contributed by atoms with van der Waals surface area (Å²) >= 11 is 0. The number of amides is 1. The third-order valence-electron chi connectivity index (χ3n) is 3.17. The summed E-state index contributed by atoms with van der Waals surface area (Å²) in [6, 6.07) is 8.07. The average Bonchev–Trinajstić information content (AvgIpc) is 2.28. The Hall–Kier alpha value is -1.35. The fraction of sp³-hybridized carbons (Fsp3) is 0.500. The molecule has 0 aromatic heterocycles. The molecule has 0 saturated heterocycles. The molecule has 0 fully saturated rings. The van der Waals surface area contributed by atoms with Crippen LogP contribution in [-0.2, 0) is 16.8 Å². The van der Waals surface area contributed by atoms with E-state index in [0.717, 1.165) is 12.0 Å². The van der Waals surface area contributed by atoms with E-state index in [2.05, 4.69) is 31.3 Å². The molecule has 1 aromatic carbocycles. The number of primary amides is 1. The maximum Gasteiger partial charge on any atom is 0.242 e. The second-order valence-corrected chi connectivity index (χ2v) is 5.03. The zero-order valence-corrected chi connectivity index (χ0v) is 11.1. The van der Waals surface area contributed by atoms with Crippen molar-refractivity contribution in [2.45, 2.75) is 32.7 Å². The van der Waals surface area contributed by atoms with Crippen LogP contribution in [0.25, 0.3) is 0 Å². The molecule has 3 N–H and O–H groups in total. The van der Waals surface area contributed by atoms with Gasteiger partial charge in [-0.3, -0.25) is 4.79 Å². The zero-order valence-electron chi connectivity index (χ0n) is 11.1. The van der Waals surface area contributed by atoms with E-state index in [4.69, 9.17) is 5.73 Å². The van der Waals surface area contributed by atoms with E-state index in [1.165, 1.54) is 5.56 Å². The van der Waals surface area contributed by atoms with E-state index < -0.39 is 5.54 Å². The van der Waals surface area contributed by atoms with E-state index in [1.54, 1.807) is 14.0 Å². The van der Waals surface area contributed by atoms with Crippen LogP contribution in [0.5, 0.6) is 0 Å². The van der Waals surface area contributed by atoms with Crippen molar-refractivity contribution in [2.24, 2.45) is 11.7 Å². The summed E-state index contributed by atoms with van der Waals surface area (Å²) < 4.78 is 0. The third-order valence-corrected chi connectivity index (χ3v) is 3.17. The van der Waals surface area contributed by atoms with Crippen molar-refractivity contribution in [3.8, 4) is 0 Å². The van der Waals surface area contributed by atoms with Crippen LogP contribution in [0.1, 0.15) is 31.9 Å². The van der Waals surface area contributed by atoms with Crippen molar-refractivity contribution in [1.29, 1.82) is 0 Å². The van der Waals surface area contributed by atoms with Crippen molar-refractivity contribution >= 4 is 5.91 Å². The number of rotatable bonds is 5. The van der Waals surface area contributed by atoms with Crippen LogP contribution in [-0.4, -0.2) is 13.0 Å². The molecular weight excluding hydrogens is 212 g/mol. The van der Waals surface area contributed by atoms with Gasteiger partial charge in [0, 0.05) is 0 Å². The molecule has 3 nitrogen and oxygen atoms in total. The summed E-state index contributed by atoms with van der Waals surface area (Å²) in [5, 5.41) is 2.98. The van der Waals surface area contributed by atoms with Crippen molar-refractivity contribution in [1.82, 2.24) is 5.32 Å². The minimum absolute atomic E-state index is 0.364. The second-order valence-electron chi connectivity index (χ2n) is 5.03. The van der Waals surface area contributed by atoms with Gasteiger partial charge in [-0.05, 0) is 37.4 Å². The summed E-state index contributed by atoms with van der Waals surface area (Å²) in [4.78, 5) is 11.5. The Morgan fingerprint density at radius 1 is 1.35 bits per heavy atom. The molecule has 0 aliphatic carbocycles. The van der Waals surface area contributed by atoms with E-state index in [9.17, 15) is 4.79 Å². The number of carbonyl (C=O) groups is 1.